The molecule has 3 unspecified atom stereocenters. The van der Waals surface area contributed by atoms with E-state index in [1.807, 2.05) is 12.1 Å². The average Bonchev–Trinajstić information content (AvgIpc) is 2.35. The average molecular weight is 312 g/mol. The van der Waals surface area contributed by atoms with E-state index in [4.69, 9.17) is 10.5 Å². The Labute approximate surface area is 118 Å². The number of benzene rings is 1. The van der Waals surface area contributed by atoms with E-state index in [1.165, 1.54) is 19.3 Å². The van der Waals surface area contributed by atoms with Crippen LogP contribution >= 0.6 is 15.9 Å². The van der Waals surface area contributed by atoms with Gasteiger partial charge in [-0.15, -0.1) is 0 Å². The molecule has 1 aromatic carbocycles. The summed E-state index contributed by atoms with van der Waals surface area (Å²) in [7, 11) is 0. The molecule has 0 amide bonds. The van der Waals surface area contributed by atoms with Crippen molar-refractivity contribution in [3.8, 4) is 0 Å². The van der Waals surface area contributed by atoms with Gasteiger partial charge >= 0.3 is 0 Å². The topological polar surface area (TPSA) is 35.2 Å². The quantitative estimate of drug-likeness (QED) is 0.841. The van der Waals surface area contributed by atoms with Gasteiger partial charge in [0.15, 0.2) is 0 Å². The van der Waals surface area contributed by atoms with Crippen molar-refractivity contribution in [3.05, 3.63) is 28.2 Å². The van der Waals surface area contributed by atoms with Gasteiger partial charge in [0.2, 0.25) is 0 Å². The molecule has 3 heteroatoms. The largest absolute Gasteiger partial charge is 0.398 e. The van der Waals surface area contributed by atoms with Crippen LogP contribution in [0, 0.1) is 11.8 Å². The lowest BCUT2D eigenvalue weighted by Crippen LogP contribution is -2.26. The first-order chi connectivity index (χ1) is 8.58. The predicted octanol–water partition coefficient (Wildman–Crippen LogP) is 4.37. The van der Waals surface area contributed by atoms with Gasteiger partial charge in [-0.1, -0.05) is 26.0 Å². The number of halogens is 1. The summed E-state index contributed by atoms with van der Waals surface area (Å²) in [4.78, 5) is 0. The number of nitrogen functional groups attached to an aromatic ring is 1. The molecule has 1 saturated carbocycles. The van der Waals surface area contributed by atoms with E-state index in [1.54, 1.807) is 0 Å². The lowest BCUT2D eigenvalue weighted by atomic mass is 9.80. The molecule has 1 aromatic rings. The number of nitrogens with two attached hydrogens (primary N) is 1. The van der Waals surface area contributed by atoms with Gasteiger partial charge in [-0.3, -0.25) is 0 Å². The van der Waals surface area contributed by atoms with Gasteiger partial charge in [0.1, 0.15) is 0 Å². The molecule has 2 rings (SSSR count). The first-order valence-electron chi connectivity index (χ1n) is 6.72. The highest BCUT2D eigenvalue weighted by atomic mass is 79.9. The van der Waals surface area contributed by atoms with Crippen molar-refractivity contribution < 1.29 is 4.74 Å². The van der Waals surface area contributed by atoms with Crippen LogP contribution in [0.15, 0.2) is 22.7 Å². The summed E-state index contributed by atoms with van der Waals surface area (Å²) in [5.41, 5.74) is 7.79. The van der Waals surface area contributed by atoms with Crippen LogP contribution in [-0.2, 0) is 11.3 Å². The molecule has 0 bridgehead atoms. The minimum atomic E-state index is 0.407. The molecular weight excluding hydrogens is 290 g/mol. The second-order valence-corrected chi connectivity index (χ2v) is 6.31. The van der Waals surface area contributed by atoms with E-state index in [0.717, 1.165) is 27.6 Å². The molecular formula is C15H22BrNO. The van der Waals surface area contributed by atoms with E-state index in [-0.39, 0.29) is 0 Å². The third-order valence-electron chi connectivity index (χ3n) is 4.13. The number of anilines is 1. The van der Waals surface area contributed by atoms with Crippen LogP contribution in [0.2, 0.25) is 0 Å². The fourth-order valence-electron chi connectivity index (χ4n) is 2.57. The zero-order valence-electron chi connectivity index (χ0n) is 11.2. The smallest absolute Gasteiger partial charge is 0.0732 e. The van der Waals surface area contributed by atoms with Crippen molar-refractivity contribution >= 4 is 21.6 Å². The Hall–Kier alpha value is -0.540. The summed E-state index contributed by atoms with van der Waals surface area (Å²) < 4.78 is 7.01. The SMILES string of the molecule is CC1CCC(OCc2cccc(N)c2Br)CC1C. The number of hydrogen-bond donors (Lipinski definition) is 1. The third-order valence-corrected chi connectivity index (χ3v) is 5.10. The highest BCUT2D eigenvalue weighted by molar-refractivity contribution is 9.10. The molecule has 3 atom stereocenters. The van der Waals surface area contributed by atoms with Crippen molar-refractivity contribution in [2.75, 3.05) is 5.73 Å². The van der Waals surface area contributed by atoms with Crippen LogP contribution < -0.4 is 5.73 Å². The molecule has 18 heavy (non-hydrogen) atoms. The summed E-state index contributed by atoms with van der Waals surface area (Å²) in [6.07, 6.45) is 4.06. The highest BCUT2D eigenvalue weighted by Crippen LogP contribution is 2.32. The first-order valence-corrected chi connectivity index (χ1v) is 7.51. The normalized spacial score (nSPS) is 28.3. The van der Waals surface area contributed by atoms with Gasteiger partial charge in [0, 0.05) is 10.2 Å². The predicted molar refractivity (Wildman–Crippen MR) is 79.3 cm³/mol. The summed E-state index contributed by atoms with van der Waals surface area (Å²) in [5.74, 6) is 1.61. The van der Waals surface area contributed by atoms with Crippen molar-refractivity contribution in [2.45, 2.75) is 45.8 Å². The van der Waals surface area contributed by atoms with Gasteiger partial charge in [-0.2, -0.15) is 0 Å². The van der Waals surface area contributed by atoms with E-state index in [0.29, 0.717) is 12.7 Å². The molecule has 1 aliphatic rings. The zero-order chi connectivity index (χ0) is 13.1. The number of ether oxygens (including phenoxy) is 1. The van der Waals surface area contributed by atoms with Gasteiger partial charge in [-0.05, 0) is 58.7 Å². The molecule has 0 heterocycles. The Balaban J connectivity index is 1.90. The molecule has 0 aliphatic heterocycles. The van der Waals surface area contributed by atoms with Gasteiger partial charge in [0.25, 0.3) is 0 Å². The van der Waals surface area contributed by atoms with Crippen molar-refractivity contribution in [1.82, 2.24) is 0 Å². The molecule has 2 nitrogen and oxygen atoms in total. The molecule has 1 fully saturated rings. The zero-order valence-corrected chi connectivity index (χ0v) is 12.7. The van der Waals surface area contributed by atoms with E-state index in [2.05, 4.69) is 35.8 Å². The second-order valence-electron chi connectivity index (χ2n) is 5.52. The fraction of sp³-hybridized carbons (Fsp3) is 0.600. The lowest BCUT2D eigenvalue weighted by molar-refractivity contribution is -0.00764. The van der Waals surface area contributed by atoms with Crippen LogP contribution in [0.1, 0.15) is 38.7 Å². The van der Waals surface area contributed by atoms with Crippen LogP contribution in [0.5, 0.6) is 0 Å². The summed E-state index contributed by atoms with van der Waals surface area (Å²) in [6, 6.07) is 5.94. The van der Waals surface area contributed by atoms with Gasteiger partial charge in [0.05, 0.1) is 12.7 Å². The Morgan fingerprint density at radius 3 is 2.78 bits per heavy atom. The Kier molecular flexibility index (Phi) is 4.68. The number of hydrogen-bond acceptors (Lipinski definition) is 2. The minimum Gasteiger partial charge on any atom is -0.398 e. The van der Waals surface area contributed by atoms with Crippen LogP contribution in [0.4, 0.5) is 5.69 Å². The molecule has 0 radical (unpaired) electrons. The molecule has 2 N–H and O–H groups in total. The standard InChI is InChI=1S/C15H22BrNO/c1-10-6-7-13(8-11(10)2)18-9-12-4-3-5-14(17)15(12)16/h3-5,10-11,13H,6-9,17H2,1-2H3. The summed E-state index contributed by atoms with van der Waals surface area (Å²) in [6.45, 7) is 5.32. The highest BCUT2D eigenvalue weighted by Gasteiger charge is 2.25. The van der Waals surface area contributed by atoms with Crippen molar-refractivity contribution in [2.24, 2.45) is 11.8 Å². The second kappa shape index (κ2) is 6.07. The molecule has 0 saturated heterocycles. The molecule has 1 aliphatic carbocycles. The fourth-order valence-corrected chi connectivity index (χ4v) is 2.95. The van der Waals surface area contributed by atoms with Gasteiger partial charge in [-0.25, -0.2) is 0 Å². The van der Waals surface area contributed by atoms with E-state index < -0.39 is 0 Å². The Bertz CT molecular complexity index is 407. The van der Waals surface area contributed by atoms with Crippen LogP contribution in [0.3, 0.4) is 0 Å². The Morgan fingerprint density at radius 2 is 2.06 bits per heavy atom. The first kappa shape index (κ1) is 13.9. The monoisotopic (exact) mass is 311 g/mol. The van der Waals surface area contributed by atoms with Crippen molar-refractivity contribution in [3.63, 3.8) is 0 Å². The summed E-state index contributed by atoms with van der Waals surface area (Å²) >= 11 is 3.52. The van der Waals surface area contributed by atoms with Crippen LogP contribution in [-0.4, -0.2) is 6.10 Å². The third kappa shape index (κ3) is 3.27. The van der Waals surface area contributed by atoms with E-state index in [9.17, 15) is 0 Å². The maximum atomic E-state index is 6.04. The molecule has 0 aromatic heterocycles. The van der Waals surface area contributed by atoms with Crippen molar-refractivity contribution in [1.29, 1.82) is 0 Å². The van der Waals surface area contributed by atoms with E-state index >= 15 is 0 Å². The molecule has 100 valence electrons. The minimum absolute atomic E-state index is 0.407. The number of rotatable bonds is 3. The maximum Gasteiger partial charge on any atom is 0.0732 e. The lowest BCUT2D eigenvalue weighted by Gasteiger charge is -2.32. The van der Waals surface area contributed by atoms with Crippen LogP contribution in [0.25, 0.3) is 0 Å². The summed E-state index contributed by atoms with van der Waals surface area (Å²) in [5, 5.41) is 0. The van der Waals surface area contributed by atoms with Gasteiger partial charge < -0.3 is 10.5 Å². The molecule has 0 spiro atoms. The maximum absolute atomic E-state index is 6.04. The Morgan fingerprint density at radius 1 is 1.28 bits per heavy atom.